The van der Waals surface area contributed by atoms with E-state index in [0.29, 0.717) is 33.7 Å². The van der Waals surface area contributed by atoms with Gasteiger partial charge in [-0.05, 0) is 47.8 Å². The number of halogens is 2. The number of hydrogen-bond donors (Lipinski definition) is 1. The molecule has 0 aliphatic rings. The number of aromatic nitrogens is 3. The number of amides is 1. The van der Waals surface area contributed by atoms with Crippen molar-refractivity contribution in [3.63, 3.8) is 0 Å². The second kappa shape index (κ2) is 8.14. The Hall–Kier alpha value is -2.67. The van der Waals surface area contributed by atoms with Crippen LogP contribution in [0.3, 0.4) is 0 Å². The molecule has 140 valence electrons. The number of carbonyl (C=O) groups is 1. The predicted octanol–water partition coefficient (Wildman–Crippen LogP) is 5.23. The van der Waals surface area contributed by atoms with Gasteiger partial charge in [0.1, 0.15) is 11.4 Å². The molecule has 3 aromatic heterocycles. The van der Waals surface area contributed by atoms with Crippen molar-refractivity contribution >= 4 is 40.4 Å². The van der Waals surface area contributed by atoms with Gasteiger partial charge in [-0.25, -0.2) is 4.68 Å². The van der Waals surface area contributed by atoms with Crippen LogP contribution >= 0.6 is 34.5 Å². The summed E-state index contributed by atoms with van der Waals surface area (Å²) < 4.78 is 1.57. The fourth-order valence-corrected chi connectivity index (χ4v) is 3.64. The number of pyridine rings is 1. The van der Waals surface area contributed by atoms with Crippen molar-refractivity contribution in [2.45, 2.75) is 6.54 Å². The van der Waals surface area contributed by atoms with Crippen molar-refractivity contribution in [2.75, 3.05) is 0 Å². The minimum absolute atomic E-state index is 0.257. The molecule has 0 aliphatic carbocycles. The number of rotatable bonds is 5. The maximum absolute atomic E-state index is 12.9. The Kier molecular flexibility index (Phi) is 5.43. The van der Waals surface area contributed by atoms with Gasteiger partial charge in [-0.3, -0.25) is 9.78 Å². The number of benzene rings is 1. The third-order valence-electron chi connectivity index (χ3n) is 4.02. The van der Waals surface area contributed by atoms with Crippen molar-refractivity contribution in [1.29, 1.82) is 0 Å². The van der Waals surface area contributed by atoms with Crippen LogP contribution in [0.2, 0.25) is 10.0 Å². The zero-order valence-electron chi connectivity index (χ0n) is 14.5. The van der Waals surface area contributed by atoms with Crippen molar-refractivity contribution in [3.05, 3.63) is 87.6 Å². The minimum Gasteiger partial charge on any atom is -0.345 e. The van der Waals surface area contributed by atoms with Crippen LogP contribution in [0.5, 0.6) is 0 Å². The molecule has 0 saturated heterocycles. The first kappa shape index (κ1) is 18.7. The lowest BCUT2D eigenvalue weighted by atomic mass is 10.2. The molecule has 0 fully saturated rings. The first-order valence-corrected chi connectivity index (χ1v) is 10.0. The predicted molar refractivity (Wildman–Crippen MR) is 112 cm³/mol. The topological polar surface area (TPSA) is 59.8 Å². The Morgan fingerprint density at radius 2 is 1.96 bits per heavy atom. The van der Waals surface area contributed by atoms with Crippen molar-refractivity contribution in [1.82, 2.24) is 20.1 Å². The lowest BCUT2D eigenvalue weighted by molar-refractivity contribution is 0.0942. The monoisotopic (exact) mass is 428 g/mol. The number of carbonyl (C=O) groups excluding carboxylic acids is 1. The van der Waals surface area contributed by atoms with Gasteiger partial charge < -0.3 is 5.32 Å². The van der Waals surface area contributed by atoms with Crippen LogP contribution in [0.4, 0.5) is 0 Å². The summed E-state index contributed by atoms with van der Waals surface area (Å²) in [5, 5.41) is 10.3. The highest BCUT2D eigenvalue weighted by Crippen LogP contribution is 2.28. The molecule has 4 rings (SSSR count). The maximum Gasteiger partial charge on any atom is 0.270 e. The van der Waals surface area contributed by atoms with E-state index in [1.165, 1.54) is 0 Å². The van der Waals surface area contributed by atoms with E-state index in [0.717, 1.165) is 10.6 Å². The van der Waals surface area contributed by atoms with Crippen LogP contribution in [-0.2, 0) is 6.54 Å². The first-order valence-electron chi connectivity index (χ1n) is 8.39. The number of nitrogens with zero attached hydrogens (tertiary/aromatic N) is 3. The average Bonchev–Trinajstić information content (AvgIpc) is 3.39. The first-order chi connectivity index (χ1) is 13.6. The third-order valence-corrected chi connectivity index (χ3v) is 5.65. The van der Waals surface area contributed by atoms with Gasteiger partial charge in [0.15, 0.2) is 0 Å². The quantitative estimate of drug-likeness (QED) is 0.473. The summed E-state index contributed by atoms with van der Waals surface area (Å²) in [6.45, 7) is 0.320. The molecule has 0 saturated carbocycles. The molecule has 0 spiro atoms. The van der Waals surface area contributed by atoms with Gasteiger partial charge in [0.2, 0.25) is 0 Å². The molecule has 8 heteroatoms. The molecule has 3 heterocycles. The van der Waals surface area contributed by atoms with E-state index in [2.05, 4.69) is 15.4 Å². The normalized spacial score (nSPS) is 10.8. The molecule has 0 bridgehead atoms. The number of thiophene rings is 1. The van der Waals surface area contributed by atoms with E-state index in [-0.39, 0.29) is 5.91 Å². The van der Waals surface area contributed by atoms with E-state index < -0.39 is 0 Å². The van der Waals surface area contributed by atoms with Gasteiger partial charge in [0.05, 0.1) is 32.8 Å². The van der Waals surface area contributed by atoms with Crippen molar-refractivity contribution in [2.24, 2.45) is 0 Å². The van der Waals surface area contributed by atoms with Crippen LogP contribution < -0.4 is 5.32 Å². The largest absolute Gasteiger partial charge is 0.345 e. The molecule has 0 aliphatic heterocycles. The van der Waals surface area contributed by atoms with E-state index in [1.807, 2.05) is 35.7 Å². The Labute approximate surface area is 175 Å². The summed E-state index contributed by atoms with van der Waals surface area (Å²) in [5.41, 5.74) is 2.54. The number of nitrogens with one attached hydrogen (secondary N) is 1. The smallest absolute Gasteiger partial charge is 0.270 e. The molecule has 4 aromatic rings. The standard InChI is InChI=1S/C20H14Cl2N4OS/c21-15-7-6-14(10-16(15)22)26-18(11-17(25-26)19-5-3-9-28-19)20(27)24-12-13-4-1-2-8-23-13/h1-11H,12H2,(H,24,27). The fourth-order valence-electron chi connectivity index (χ4n) is 2.67. The van der Waals surface area contributed by atoms with E-state index in [4.69, 9.17) is 23.2 Å². The fraction of sp³-hybridized carbons (Fsp3) is 0.0500. The highest BCUT2D eigenvalue weighted by atomic mass is 35.5. The van der Waals surface area contributed by atoms with Gasteiger partial charge in [-0.2, -0.15) is 5.10 Å². The highest BCUT2D eigenvalue weighted by Gasteiger charge is 2.18. The Morgan fingerprint density at radius 3 is 2.68 bits per heavy atom. The average molecular weight is 429 g/mol. The summed E-state index contributed by atoms with van der Waals surface area (Å²) in [4.78, 5) is 18.1. The van der Waals surface area contributed by atoms with Crippen molar-refractivity contribution in [3.8, 4) is 16.3 Å². The van der Waals surface area contributed by atoms with Gasteiger partial charge >= 0.3 is 0 Å². The lowest BCUT2D eigenvalue weighted by Crippen LogP contribution is -2.25. The summed E-state index contributed by atoms with van der Waals surface area (Å²) in [6.07, 6.45) is 1.69. The van der Waals surface area contributed by atoms with Gasteiger partial charge in [-0.15, -0.1) is 11.3 Å². The summed E-state index contributed by atoms with van der Waals surface area (Å²) in [5.74, 6) is -0.257. The van der Waals surface area contributed by atoms with E-state index in [9.17, 15) is 4.79 Å². The zero-order chi connectivity index (χ0) is 19.5. The van der Waals surface area contributed by atoms with Crippen molar-refractivity contribution < 1.29 is 4.79 Å². The lowest BCUT2D eigenvalue weighted by Gasteiger charge is -2.09. The summed E-state index contributed by atoms with van der Waals surface area (Å²) in [6, 6.07) is 16.4. The zero-order valence-corrected chi connectivity index (χ0v) is 16.8. The van der Waals surface area contributed by atoms with Gasteiger partial charge in [-0.1, -0.05) is 35.3 Å². The van der Waals surface area contributed by atoms with E-state index in [1.54, 1.807) is 46.5 Å². The Morgan fingerprint density at radius 1 is 1.07 bits per heavy atom. The summed E-state index contributed by atoms with van der Waals surface area (Å²) >= 11 is 13.7. The molecule has 0 radical (unpaired) electrons. The van der Waals surface area contributed by atoms with Gasteiger partial charge in [0.25, 0.3) is 5.91 Å². The highest BCUT2D eigenvalue weighted by molar-refractivity contribution is 7.13. The number of hydrogen-bond acceptors (Lipinski definition) is 4. The minimum atomic E-state index is -0.257. The Bertz CT molecular complexity index is 1110. The Balaban J connectivity index is 1.69. The molecular formula is C20H14Cl2N4OS. The molecular weight excluding hydrogens is 415 g/mol. The van der Waals surface area contributed by atoms with Crippen LogP contribution in [0.1, 0.15) is 16.2 Å². The molecule has 5 nitrogen and oxygen atoms in total. The van der Waals surface area contributed by atoms with Crippen LogP contribution in [0.15, 0.2) is 66.2 Å². The van der Waals surface area contributed by atoms with Crippen LogP contribution in [0.25, 0.3) is 16.3 Å². The molecule has 1 aromatic carbocycles. The van der Waals surface area contributed by atoms with Crippen LogP contribution in [0, 0.1) is 0 Å². The molecule has 0 unspecified atom stereocenters. The molecule has 0 atom stereocenters. The van der Waals surface area contributed by atoms with E-state index >= 15 is 0 Å². The van der Waals surface area contributed by atoms with Gasteiger partial charge in [0, 0.05) is 6.20 Å². The SMILES string of the molecule is O=C(NCc1ccccn1)c1cc(-c2cccs2)nn1-c1ccc(Cl)c(Cl)c1. The second-order valence-electron chi connectivity index (χ2n) is 5.91. The maximum atomic E-state index is 12.9. The molecule has 28 heavy (non-hydrogen) atoms. The molecule has 1 amide bonds. The second-order valence-corrected chi connectivity index (χ2v) is 7.67. The van der Waals surface area contributed by atoms with Crippen LogP contribution in [-0.4, -0.2) is 20.7 Å². The molecule has 1 N–H and O–H groups in total. The summed E-state index contributed by atoms with van der Waals surface area (Å²) in [7, 11) is 0. The third kappa shape index (κ3) is 3.94.